The number of aromatic nitrogens is 1. The number of carbonyl (C=O) groups is 1. The molecule has 130 valence electrons. The molecule has 1 aliphatic rings. The highest BCUT2D eigenvalue weighted by Gasteiger charge is 2.28. The van der Waals surface area contributed by atoms with Gasteiger partial charge in [-0.3, -0.25) is 9.36 Å². The summed E-state index contributed by atoms with van der Waals surface area (Å²) in [5.74, 6) is 1.50. The molecule has 3 heterocycles. The first-order chi connectivity index (χ1) is 12.7. The molecule has 0 fully saturated rings. The van der Waals surface area contributed by atoms with Gasteiger partial charge in [0.05, 0.1) is 6.04 Å². The number of rotatable bonds is 3. The summed E-state index contributed by atoms with van der Waals surface area (Å²) in [6, 6.07) is 13.9. The van der Waals surface area contributed by atoms with Gasteiger partial charge in [-0.2, -0.15) is 5.26 Å². The zero-order chi connectivity index (χ0) is 18.1. The van der Waals surface area contributed by atoms with E-state index in [0.717, 1.165) is 17.7 Å². The van der Waals surface area contributed by atoms with E-state index >= 15 is 0 Å². The molecule has 4 rings (SSSR count). The Morgan fingerprint density at radius 2 is 2.08 bits per heavy atom. The Balaban J connectivity index is 1.67. The molecule has 3 aromatic rings. The number of nitrogens with zero attached hydrogens (tertiary/aromatic N) is 2. The molecule has 1 aliphatic heterocycles. The summed E-state index contributed by atoms with van der Waals surface area (Å²) in [5, 5.41) is 12.7. The molecule has 1 atom stereocenters. The van der Waals surface area contributed by atoms with Crippen LogP contribution in [0.15, 0.2) is 58.1 Å². The van der Waals surface area contributed by atoms with Crippen molar-refractivity contribution in [1.29, 1.82) is 5.26 Å². The number of fused-ring (bicyclic) bond motifs is 1. The second-order valence-electron chi connectivity index (χ2n) is 6.12. The first kappa shape index (κ1) is 16.6. The van der Waals surface area contributed by atoms with Crippen molar-refractivity contribution in [3.8, 4) is 12.0 Å². The van der Waals surface area contributed by atoms with Crippen molar-refractivity contribution in [3.63, 3.8) is 0 Å². The molecule has 5 nitrogen and oxygen atoms in total. The number of benzene rings is 1. The van der Waals surface area contributed by atoms with Crippen LogP contribution >= 0.6 is 11.8 Å². The largest absolute Gasteiger partial charge is 0.443 e. The van der Waals surface area contributed by atoms with Crippen molar-refractivity contribution in [2.24, 2.45) is 0 Å². The molecule has 0 bridgehead atoms. The van der Waals surface area contributed by atoms with Gasteiger partial charge in [-0.05, 0) is 37.1 Å². The van der Waals surface area contributed by atoms with E-state index in [1.54, 1.807) is 35.6 Å². The van der Waals surface area contributed by atoms with Gasteiger partial charge in [0.2, 0.25) is 5.88 Å². The van der Waals surface area contributed by atoms with Gasteiger partial charge in [0.15, 0.2) is 0 Å². The van der Waals surface area contributed by atoms with Crippen LogP contribution in [0.2, 0.25) is 0 Å². The van der Waals surface area contributed by atoms with Gasteiger partial charge < -0.3 is 9.73 Å². The van der Waals surface area contributed by atoms with Crippen LogP contribution in [0.4, 0.5) is 0 Å². The fraction of sp³-hybridized carbons (Fsp3) is 0.200. The van der Waals surface area contributed by atoms with E-state index in [0.29, 0.717) is 17.2 Å². The predicted octanol–water partition coefficient (Wildman–Crippen LogP) is 4.22. The monoisotopic (exact) mass is 363 g/mol. The van der Waals surface area contributed by atoms with Gasteiger partial charge >= 0.3 is 0 Å². The molecule has 0 saturated carbocycles. The average Bonchev–Trinajstić information content (AvgIpc) is 3.29. The lowest BCUT2D eigenvalue weighted by molar-refractivity contribution is 0.0933. The fourth-order valence-corrected chi connectivity index (χ4v) is 4.41. The number of hydrogen-bond acceptors (Lipinski definition) is 4. The summed E-state index contributed by atoms with van der Waals surface area (Å²) in [7, 11) is 0. The first-order valence-corrected chi connectivity index (χ1v) is 9.37. The third-order valence-electron chi connectivity index (χ3n) is 4.51. The lowest BCUT2D eigenvalue weighted by Crippen LogP contribution is -2.31. The molecule has 1 aromatic carbocycles. The van der Waals surface area contributed by atoms with Crippen LogP contribution in [-0.4, -0.2) is 16.2 Å². The minimum atomic E-state index is -0.270. The number of nitriles is 1. The molecular weight excluding hydrogens is 346 g/mol. The van der Waals surface area contributed by atoms with Crippen molar-refractivity contribution in [3.05, 3.63) is 71.2 Å². The summed E-state index contributed by atoms with van der Waals surface area (Å²) in [6.45, 7) is 1.72. The van der Waals surface area contributed by atoms with Crippen LogP contribution in [0.5, 0.6) is 0 Å². The van der Waals surface area contributed by atoms with E-state index in [4.69, 9.17) is 4.42 Å². The minimum Gasteiger partial charge on any atom is -0.443 e. The van der Waals surface area contributed by atoms with Crippen LogP contribution in [0.3, 0.4) is 0 Å². The second kappa shape index (κ2) is 6.77. The maximum absolute atomic E-state index is 13.0. The minimum absolute atomic E-state index is 0.0594. The van der Waals surface area contributed by atoms with Crippen molar-refractivity contribution in [1.82, 2.24) is 9.88 Å². The fourth-order valence-electron chi connectivity index (χ4n) is 3.28. The standard InChI is InChI=1S/C20H17N3O2S/c1-13-18(15(12-21)20(25-13)23-9-4-5-10-23)19(24)22-16-8-11-26-17-7-3-2-6-14(16)17/h2-7,9-10,16H,8,11H2,1H3,(H,22,24). The second-order valence-corrected chi connectivity index (χ2v) is 7.25. The Labute approximate surface area is 155 Å². The van der Waals surface area contributed by atoms with E-state index in [-0.39, 0.29) is 17.5 Å². The van der Waals surface area contributed by atoms with Gasteiger partial charge in [0.1, 0.15) is 23.0 Å². The molecule has 0 spiro atoms. The Morgan fingerprint density at radius 1 is 1.31 bits per heavy atom. The third kappa shape index (κ3) is 2.80. The maximum atomic E-state index is 13.0. The highest BCUT2D eigenvalue weighted by Crippen LogP contribution is 2.36. The first-order valence-electron chi connectivity index (χ1n) is 8.38. The molecule has 6 heteroatoms. The zero-order valence-electron chi connectivity index (χ0n) is 14.2. The summed E-state index contributed by atoms with van der Waals surface area (Å²) >= 11 is 1.80. The molecule has 0 aliphatic carbocycles. The number of aryl methyl sites for hydroxylation is 1. The molecule has 1 unspecified atom stereocenters. The normalized spacial score (nSPS) is 15.9. The van der Waals surface area contributed by atoms with Gasteiger partial charge in [-0.1, -0.05) is 18.2 Å². The van der Waals surface area contributed by atoms with E-state index in [1.807, 2.05) is 30.3 Å². The van der Waals surface area contributed by atoms with Crippen LogP contribution in [-0.2, 0) is 0 Å². The molecule has 1 amide bonds. The van der Waals surface area contributed by atoms with Gasteiger partial charge in [0.25, 0.3) is 5.91 Å². The molecule has 0 saturated heterocycles. The summed E-state index contributed by atoms with van der Waals surface area (Å²) in [5.41, 5.74) is 1.70. The Hall–Kier alpha value is -2.91. The number of furan rings is 1. The molecule has 0 radical (unpaired) electrons. The number of thioether (sulfide) groups is 1. The summed E-state index contributed by atoms with van der Waals surface area (Å²) in [4.78, 5) is 14.2. The third-order valence-corrected chi connectivity index (χ3v) is 5.63. The molecule has 1 N–H and O–H groups in total. The molecule has 2 aromatic heterocycles. The Bertz CT molecular complexity index is 999. The van der Waals surface area contributed by atoms with E-state index in [9.17, 15) is 10.1 Å². The highest BCUT2D eigenvalue weighted by atomic mass is 32.2. The lowest BCUT2D eigenvalue weighted by Gasteiger charge is -2.25. The number of amides is 1. The van der Waals surface area contributed by atoms with Crippen molar-refractivity contribution in [2.75, 3.05) is 5.75 Å². The Kier molecular flexibility index (Phi) is 4.31. The van der Waals surface area contributed by atoms with Crippen LogP contribution < -0.4 is 5.32 Å². The van der Waals surface area contributed by atoms with Crippen molar-refractivity contribution < 1.29 is 9.21 Å². The Morgan fingerprint density at radius 3 is 2.85 bits per heavy atom. The summed E-state index contributed by atoms with van der Waals surface area (Å²) < 4.78 is 7.44. The van der Waals surface area contributed by atoms with Gasteiger partial charge in [-0.25, -0.2) is 0 Å². The highest BCUT2D eigenvalue weighted by molar-refractivity contribution is 7.99. The van der Waals surface area contributed by atoms with Crippen LogP contribution in [0, 0.1) is 18.3 Å². The van der Waals surface area contributed by atoms with E-state index < -0.39 is 0 Å². The maximum Gasteiger partial charge on any atom is 0.256 e. The number of carbonyl (C=O) groups excluding carboxylic acids is 1. The van der Waals surface area contributed by atoms with E-state index in [2.05, 4.69) is 17.5 Å². The molecular formula is C20H17N3O2S. The summed E-state index contributed by atoms with van der Waals surface area (Å²) in [6.07, 6.45) is 4.43. The van der Waals surface area contributed by atoms with E-state index in [1.165, 1.54) is 4.90 Å². The average molecular weight is 363 g/mol. The topological polar surface area (TPSA) is 71.0 Å². The zero-order valence-corrected chi connectivity index (χ0v) is 15.0. The predicted molar refractivity (Wildman–Crippen MR) is 99.5 cm³/mol. The van der Waals surface area contributed by atoms with Crippen molar-refractivity contribution in [2.45, 2.75) is 24.3 Å². The van der Waals surface area contributed by atoms with Crippen molar-refractivity contribution >= 4 is 17.7 Å². The van der Waals surface area contributed by atoms with Gasteiger partial charge in [0, 0.05) is 23.0 Å². The van der Waals surface area contributed by atoms with Crippen LogP contribution in [0.1, 0.15) is 39.7 Å². The molecule has 26 heavy (non-hydrogen) atoms. The quantitative estimate of drug-likeness (QED) is 0.756. The van der Waals surface area contributed by atoms with Crippen LogP contribution in [0.25, 0.3) is 5.88 Å². The number of hydrogen-bond donors (Lipinski definition) is 1. The lowest BCUT2D eigenvalue weighted by atomic mass is 10.0. The van der Waals surface area contributed by atoms with Gasteiger partial charge in [-0.15, -0.1) is 11.8 Å². The SMILES string of the molecule is Cc1oc(-n2cccc2)c(C#N)c1C(=O)NC1CCSc2ccccc21. The number of nitrogens with one attached hydrogen (secondary N) is 1. The smallest absolute Gasteiger partial charge is 0.256 e.